The molecule has 2 aromatic rings. The summed E-state index contributed by atoms with van der Waals surface area (Å²) in [5.41, 5.74) is 6.94. The molecule has 1 aliphatic rings. The Labute approximate surface area is 125 Å². The molecule has 0 bridgehead atoms. The van der Waals surface area contributed by atoms with Gasteiger partial charge in [-0.25, -0.2) is 4.79 Å². The molecule has 1 aliphatic heterocycles. The molecule has 0 radical (unpaired) electrons. The molecule has 8 heteroatoms. The highest BCUT2D eigenvalue weighted by Gasteiger charge is 2.31. The van der Waals surface area contributed by atoms with Gasteiger partial charge >= 0.3 is 6.03 Å². The van der Waals surface area contributed by atoms with E-state index in [4.69, 9.17) is 5.73 Å². The predicted octanol–water partition coefficient (Wildman–Crippen LogP) is 0.932. The third kappa shape index (κ3) is 2.14. The first-order valence-corrected chi connectivity index (χ1v) is 6.51. The lowest BCUT2D eigenvalue weighted by Gasteiger charge is -2.14. The molecule has 0 saturated heterocycles. The van der Waals surface area contributed by atoms with Gasteiger partial charge in [0.15, 0.2) is 12.0 Å². The van der Waals surface area contributed by atoms with Crippen molar-refractivity contribution >= 4 is 17.8 Å². The zero-order valence-electron chi connectivity index (χ0n) is 11.5. The van der Waals surface area contributed by atoms with E-state index in [0.717, 1.165) is 4.90 Å². The van der Waals surface area contributed by atoms with Crippen molar-refractivity contribution in [2.24, 2.45) is 5.73 Å². The van der Waals surface area contributed by atoms with Crippen LogP contribution in [0.15, 0.2) is 30.3 Å². The van der Waals surface area contributed by atoms with Gasteiger partial charge in [-0.15, -0.1) is 0 Å². The predicted molar refractivity (Wildman–Crippen MR) is 76.3 cm³/mol. The van der Waals surface area contributed by atoms with E-state index in [2.05, 4.69) is 10.2 Å². The van der Waals surface area contributed by atoms with Crippen LogP contribution < -0.4 is 10.6 Å². The largest absolute Gasteiger partial charge is 0.351 e. The number of hydrogen-bond acceptors (Lipinski definition) is 4. The molecule has 3 rings (SSSR count). The number of hydrogen-bond donors (Lipinski definition) is 2. The van der Waals surface area contributed by atoms with Gasteiger partial charge in [0.1, 0.15) is 0 Å². The zero-order valence-corrected chi connectivity index (χ0v) is 11.5. The van der Waals surface area contributed by atoms with Crippen molar-refractivity contribution in [2.45, 2.75) is 13.1 Å². The average molecular weight is 296 g/mol. The molecular formula is C14H12N6O2. The number of anilines is 1. The van der Waals surface area contributed by atoms with Crippen molar-refractivity contribution in [1.29, 1.82) is 5.26 Å². The normalized spacial score (nSPS) is 12.6. The fraction of sp³-hybridized carbons (Fsp3) is 0.143. The lowest BCUT2D eigenvalue weighted by molar-refractivity contribution is 0.0998. The lowest BCUT2D eigenvalue weighted by atomic mass is 10.2. The number of nitriles is 1. The van der Waals surface area contributed by atoms with Gasteiger partial charge in [0.2, 0.25) is 0 Å². The minimum atomic E-state index is -0.562. The number of rotatable bonds is 2. The molecule has 0 saturated carbocycles. The van der Waals surface area contributed by atoms with Crippen LogP contribution in [-0.4, -0.2) is 27.0 Å². The summed E-state index contributed by atoms with van der Waals surface area (Å²) in [6.45, 7) is 0.507. The number of aromatic nitrogens is 2. The number of amides is 3. The smallest absolute Gasteiger partial charge is 0.315 e. The van der Waals surface area contributed by atoms with Crippen LogP contribution in [-0.2, 0) is 13.1 Å². The summed E-state index contributed by atoms with van der Waals surface area (Å²) in [5, 5.41) is 16.1. The maximum absolute atomic E-state index is 12.4. The third-order valence-electron chi connectivity index (χ3n) is 3.48. The van der Waals surface area contributed by atoms with Crippen LogP contribution in [0.1, 0.15) is 21.6 Å². The highest BCUT2D eigenvalue weighted by molar-refractivity contribution is 6.07. The Morgan fingerprint density at radius 3 is 2.68 bits per heavy atom. The average Bonchev–Trinajstić information content (AvgIpc) is 3.10. The van der Waals surface area contributed by atoms with Gasteiger partial charge in [-0.05, 0) is 12.1 Å². The van der Waals surface area contributed by atoms with Crippen LogP contribution in [0, 0.1) is 11.5 Å². The van der Waals surface area contributed by atoms with Gasteiger partial charge in [0.05, 0.1) is 18.8 Å². The number of primary amides is 1. The van der Waals surface area contributed by atoms with Crippen molar-refractivity contribution in [3.63, 3.8) is 0 Å². The SMILES string of the molecule is N#CN(C(=O)c1ccccc1)c1n[nH]c2c1CN(C(N)=O)C2. The fourth-order valence-electron chi connectivity index (χ4n) is 2.36. The van der Waals surface area contributed by atoms with Crippen LogP contribution in [0.3, 0.4) is 0 Å². The second kappa shape index (κ2) is 5.21. The summed E-state index contributed by atoms with van der Waals surface area (Å²) in [7, 11) is 0. The summed E-state index contributed by atoms with van der Waals surface area (Å²) < 4.78 is 0. The Morgan fingerprint density at radius 2 is 2.05 bits per heavy atom. The maximum Gasteiger partial charge on any atom is 0.315 e. The number of benzene rings is 1. The van der Waals surface area contributed by atoms with Crippen molar-refractivity contribution in [2.75, 3.05) is 4.90 Å². The Bertz CT molecular complexity index is 776. The highest BCUT2D eigenvalue weighted by atomic mass is 16.2. The quantitative estimate of drug-likeness (QED) is 0.632. The molecular weight excluding hydrogens is 284 g/mol. The standard InChI is InChI=1S/C14H12N6O2/c15-8-20(13(21)9-4-2-1-3-5-9)12-10-6-19(14(16)22)7-11(10)17-18-12/h1-5H,6-7H2,(H2,16,22)(H,17,18). The summed E-state index contributed by atoms with van der Waals surface area (Å²) in [4.78, 5) is 26.0. The van der Waals surface area contributed by atoms with Crippen LogP contribution in [0.5, 0.6) is 0 Å². The van der Waals surface area contributed by atoms with Crippen LogP contribution in [0.2, 0.25) is 0 Å². The van der Waals surface area contributed by atoms with Gasteiger partial charge in [-0.3, -0.25) is 9.89 Å². The number of fused-ring (bicyclic) bond motifs is 1. The zero-order chi connectivity index (χ0) is 15.7. The van der Waals surface area contributed by atoms with E-state index in [1.54, 1.807) is 30.3 Å². The lowest BCUT2D eigenvalue weighted by Crippen LogP contribution is -2.32. The van der Waals surface area contributed by atoms with E-state index in [1.807, 2.05) is 6.19 Å². The maximum atomic E-state index is 12.4. The summed E-state index contributed by atoms with van der Waals surface area (Å²) >= 11 is 0. The van der Waals surface area contributed by atoms with Crippen molar-refractivity contribution in [3.8, 4) is 6.19 Å². The molecule has 1 aromatic carbocycles. The molecule has 8 nitrogen and oxygen atoms in total. The van der Waals surface area contributed by atoms with Gasteiger partial charge in [0, 0.05) is 11.1 Å². The Hall–Kier alpha value is -3.34. The van der Waals surface area contributed by atoms with E-state index >= 15 is 0 Å². The number of nitrogens with zero attached hydrogens (tertiary/aromatic N) is 4. The molecule has 3 N–H and O–H groups in total. The van der Waals surface area contributed by atoms with Crippen molar-refractivity contribution < 1.29 is 9.59 Å². The summed E-state index contributed by atoms with van der Waals surface area (Å²) in [6, 6.07) is 7.89. The van der Waals surface area contributed by atoms with Gasteiger partial charge in [-0.1, -0.05) is 18.2 Å². The molecule has 0 fully saturated rings. The van der Waals surface area contributed by atoms with Crippen LogP contribution in [0.4, 0.5) is 10.6 Å². The number of carbonyl (C=O) groups excluding carboxylic acids is 2. The number of urea groups is 1. The summed E-state index contributed by atoms with van der Waals surface area (Å²) in [6.07, 6.45) is 1.84. The fourth-order valence-corrected chi connectivity index (χ4v) is 2.36. The first-order chi connectivity index (χ1) is 10.6. The topological polar surface area (TPSA) is 119 Å². The van der Waals surface area contributed by atoms with E-state index < -0.39 is 11.9 Å². The molecule has 0 atom stereocenters. The molecule has 1 aromatic heterocycles. The monoisotopic (exact) mass is 296 g/mol. The van der Waals surface area contributed by atoms with Crippen molar-refractivity contribution in [1.82, 2.24) is 15.1 Å². The minimum absolute atomic E-state index is 0.204. The minimum Gasteiger partial charge on any atom is -0.351 e. The first kappa shape index (κ1) is 13.6. The summed E-state index contributed by atoms with van der Waals surface area (Å²) in [5.74, 6) is -0.273. The number of H-pyrrole nitrogens is 1. The Morgan fingerprint density at radius 1 is 1.32 bits per heavy atom. The van der Waals surface area contributed by atoms with E-state index in [9.17, 15) is 14.9 Å². The molecule has 3 amide bonds. The second-order valence-electron chi connectivity index (χ2n) is 4.81. The Kier molecular flexibility index (Phi) is 3.23. The number of carbonyl (C=O) groups is 2. The number of nitrogens with one attached hydrogen (secondary N) is 1. The Balaban J connectivity index is 1.93. The van der Waals surface area contributed by atoms with Gasteiger partial charge < -0.3 is 10.6 Å². The van der Waals surface area contributed by atoms with E-state index in [1.165, 1.54) is 4.90 Å². The van der Waals surface area contributed by atoms with E-state index in [0.29, 0.717) is 16.8 Å². The molecule has 0 aliphatic carbocycles. The van der Waals surface area contributed by atoms with Crippen LogP contribution in [0.25, 0.3) is 0 Å². The molecule has 110 valence electrons. The van der Waals surface area contributed by atoms with E-state index in [-0.39, 0.29) is 18.9 Å². The molecule has 2 heterocycles. The van der Waals surface area contributed by atoms with Crippen LogP contribution >= 0.6 is 0 Å². The third-order valence-corrected chi connectivity index (χ3v) is 3.48. The van der Waals surface area contributed by atoms with Crippen molar-refractivity contribution in [3.05, 3.63) is 47.2 Å². The number of nitrogens with two attached hydrogens (primary N) is 1. The van der Waals surface area contributed by atoms with Gasteiger partial charge in [0.25, 0.3) is 5.91 Å². The first-order valence-electron chi connectivity index (χ1n) is 6.51. The second-order valence-corrected chi connectivity index (χ2v) is 4.81. The molecule has 0 unspecified atom stereocenters. The number of aromatic amines is 1. The van der Waals surface area contributed by atoms with Gasteiger partial charge in [-0.2, -0.15) is 15.3 Å². The molecule has 0 spiro atoms. The molecule has 22 heavy (non-hydrogen) atoms. The highest BCUT2D eigenvalue weighted by Crippen LogP contribution is 2.29.